The van der Waals surface area contributed by atoms with E-state index in [0.717, 1.165) is 6.42 Å². The van der Waals surface area contributed by atoms with Crippen LogP contribution in [0.5, 0.6) is 0 Å². The molecule has 1 aliphatic rings. The van der Waals surface area contributed by atoms with Gasteiger partial charge in [-0.3, -0.25) is 19.7 Å². The van der Waals surface area contributed by atoms with Crippen molar-refractivity contribution in [2.45, 2.75) is 32.6 Å². The molecule has 1 saturated heterocycles. The summed E-state index contributed by atoms with van der Waals surface area (Å²) in [6.45, 7) is 1.84. The summed E-state index contributed by atoms with van der Waals surface area (Å²) in [7, 11) is 0. The fourth-order valence-electron chi connectivity index (χ4n) is 3.39. The molecule has 0 bridgehead atoms. The number of hydrogen-bond donors (Lipinski definition) is 2. The van der Waals surface area contributed by atoms with Gasteiger partial charge in [-0.2, -0.15) is 0 Å². The third-order valence-electron chi connectivity index (χ3n) is 4.71. The molecule has 0 atom stereocenters. The van der Waals surface area contributed by atoms with Crippen LogP contribution in [0.2, 0.25) is 0 Å². The summed E-state index contributed by atoms with van der Waals surface area (Å²) in [4.78, 5) is 29.8. The molecule has 1 aliphatic heterocycles. The molecule has 0 aromatic heterocycles. The maximum Gasteiger partial charge on any atom is 0.303 e. The summed E-state index contributed by atoms with van der Waals surface area (Å²) in [5.74, 6) is -1.01. The van der Waals surface area contributed by atoms with Gasteiger partial charge in [-0.05, 0) is 38.7 Å². The third kappa shape index (κ3) is 4.88. The molecule has 4 aromatic rings. The summed E-state index contributed by atoms with van der Waals surface area (Å²) in [6.07, 6.45) is 1.77. The largest absolute Gasteiger partial charge is 0.481 e. The number of benzene rings is 4. The highest BCUT2D eigenvalue weighted by molar-refractivity contribution is 6.22. The first-order valence-corrected chi connectivity index (χ1v) is 9.66. The molecule has 29 heavy (non-hydrogen) atoms. The van der Waals surface area contributed by atoms with Crippen molar-refractivity contribution in [1.82, 2.24) is 5.32 Å². The standard InChI is InChI=1S/C16H10.C4H5NO2.C4H8O2/c1-3-11-7-9-13-5-2-6-14-10-8-12(4-1)15(11)16(13)14;6-3-1-2-4(7)5-3;1-2-3-4(5)6/h1-10H;1-2H2,(H,5,6,7);2-3H2,1H3,(H,5,6). The lowest BCUT2D eigenvalue weighted by atomic mass is 9.95. The number of carboxylic acid groups (broad SMARTS) is 1. The van der Waals surface area contributed by atoms with Crippen molar-refractivity contribution in [3.8, 4) is 0 Å². The van der Waals surface area contributed by atoms with Crippen LogP contribution in [0.15, 0.2) is 60.7 Å². The number of carboxylic acids is 1. The Balaban J connectivity index is 0.000000155. The number of imide groups is 1. The lowest BCUT2D eigenvalue weighted by molar-refractivity contribution is -0.137. The number of aliphatic carboxylic acids is 1. The predicted octanol–water partition coefficient (Wildman–Crippen LogP) is 4.88. The zero-order chi connectivity index (χ0) is 20.8. The molecule has 2 N–H and O–H groups in total. The Kier molecular flexibility index (Phi) is 6.39. The van der Waals surface area contributed by atoms with E-state index in [1.807, 2.05) is 6.92 Å². The van der Waals surface area contributed by atoms with Crippen molar-refractivity contribution < 1.29 is 19.5 Å². The highest BCUT2D eigenvalue weighted by atomic mass is 16.4. The second-order valence-electron chi connectivity index (χ2n) is 6.90. The van der Waals surface area contributed by atoms with Crippen LogP contribution in [0.1, 0.15) is 32.6 Å². The minimum Gasteiger partial charge on any atom is -0.481 e. The highest BCUT2D eigenvalue weighted by Gasteiger charge is 2.15. The molecule has 1 heterocycles. The van der Waals surface area contributed by atoms with Gasteiger partial charge in [-0.1, -0.05) is 67.6 Å². The molecule has 5 nitrogen and oxygen atoms in total. The van der Waals surface area contributed by atoms with Crippen LogP contribution in [-0.2, 0) is 14.4 Å². The Hall–Kier alpha value is -3.47. The van der Waals surface area contributed by atoms with E-state index in [2.05, 4.69) is 66.0 Å². The summed E-state index contributed by atoms with van der Waals surface area (Å²) < 4.78 is 0. The van der Waals surface area contributed by atoms with Gasteiger partial charge in [0.25, 0.3) is 0 Å². The molecular formula is C24H23NO4. The van der Waals surface area contributed by atoms with Gasteiger partial charge in [0.2, 0.25) is 11.8 Å². The smallest absolute Gasteiger partial charge is 0.303 e. The zero-order valence-electron chi connectivity index (χ0n) is 16.3. The van der Waals surface area contributed by atoms with E-state index >= 15 is 0 Å². The molecule has 4 aromatic carbocycles. The molecular weight excluding hydrogens is 366 g/mol. The topological polar surface area (TPSA) is 83.5 Å². The van der Waals surface area contributed by atoms with Crippen LogP contribution in [-0.4, -0.2) is 22.9 Å². The second-order valence-corrected chi connectivity index (χ2v) is 6.90. The van der Waals surface area contributed by atoms with Crippen molar-refractivity contribution in [1.29, 1.82) is 0 Å². The molecule has 0 spiro atoms. The first kappa shape index (κ1) is 20.3. The number of rotatable bonds is 2. The van der Waals surface area contributed by atoms with Crippen LogP contribution < -0.4 is 5.32 Å². The van der Waals surface area contributed by atoms with Crippen molar-refractivity contribution in [3.05, 3.63) is 60.7 Å². The van der Waals surface area contributed by atoms with Crippen molar-refractivity contribution in [2.24, 2.45) is 0 Å². The van der Waals surface area contributed by atoms with Crippen molar-refractivity contribution in [2.75, 3.05) is 0 Å². The lowest BCUT2D eigenvalue weighted by Gasteiger charge is -2.09. The third-order valence-corrected chi connectivity index (χ3v) is 4.71. The highest BCUT2D eigenvalue weighted by Crippen LogP contribution is 2.33. The number of nitrogens with one attached hydrogen (secondary N) is 1. The van der Waals surface area contributed by atoms with E-state index in [9.17, 15) is 14.4 Å². The Morgan fingerprint density at radius 2 is 1.17 bits per heavy atom. The van der Waals surface area contributed by atoms with Gasteiger partial charge < -0.3 is 5.11 Å². The Bertz CT molecular complexity index is 1020. The van der Waals surface area contributed by atoms with Crippen LogP contribution in [0, 0.1) is 0 Å². The van der Waals surface area contributed by atoms with E-state index in [-0.39, 0.29) is 11.8 Å². The van der Waals surface area contributed by atoms with Gasteiger partial charge in [-0.25, -0.2) is 0 Å². The number of hydrogen-bond acceptors (Lipinski definition) is 3. The van der Waals surface area contributed by atoms with Gasteiger partial charge in [0.15, 0.2) is 0 Å². The molecule has 1 fully saturated rings. The second kappa shape index (κ2) is 9.15. The fraction of sp³-hybridized carbons (Fsp3) is 0.208. The molecule has 2 amide bonds. The van der Waals surface area contributed by atoms with Gasteiger partial charge >= 0.3 is 5.97 Å². The summed E-state index contributed by atoms with van der Waals surface area (Å²) in [5, 5.41) is 18.2. The van der Waals surface area contributed by atoms with E-state index in [0.29, 0.717) is 19.3 Å². The summed E-state index contributed by atoms with van der Waals surface area (Å²) in [6, 6.07) is 21.9. The molecule has 148 valence electrons. The maximum absolute atomic E-state index is 10.1. The average Bonchev–Trinajstić information content (AvgIpc) is 3.10. The van der Waals surface area contributed by atoms with Crippen LogP contribution in [0.4, 0.5) is 0 Å². The molecule has 5 heteroatoms. The van der Waals surface area contributed by atoms with E-state index in [4.69, 9.17) is 5.11 Å². The van der Waals surface area contributed by atoms with Crippen LogP contribution in [0.3, 0.4) is 0 Å². The maximum atomic E-state index is 10.1. The molecule has 0 aliphatic carbocycles. The number of amides is 2. The summed E-state index contributed by atoms with van der Waals surface area (Å²) in [5.41, 5.74) is 0. The zero-order valence-corrected chi connectivity index (χ0v) is 16.3. The lowest BCUT2D eigenvalue weighted by Crippen LogP contribution is -2.18. The Labute approximate surface area is 168 Å². The quantitative estimate of drug-likeness (QED) is 0.378. The molecule has 0 radical (unpaired) electrons. The first-order valence-electron chi connectivity index (χ1n) is 9.66. The predicted molar refractivity (Wildman–Crippen MR) is 115 cm³/mol. The van der Waals surface area contributed by atoms with Gasteiger partial charge in [-0.15, -0.1) is 0 Å². The molecule has 0 unspecified atom stereocenters. The van der Waals surface area contributed by atoms with E-state index in [1.165, 1.54) is 32.3 Å². The van der Waals surface area contributed by atoms with Gasteiger partial charge in [0, 0.05) is 19.3 Å². The molecule has 5 rings (SSSR count). The van der Waals surface area contributed by atoms with Crippen LogP contribution in [0.25, 0.3) is 32.3 Å². The van der Waals surface area contributed by atoms with Crippen LogP contribution >= 0.6 is 0 Å². The number of carbonyl (C=O) groups is 3. The average molecular weight is 389 g/mol. The normalized spacial score (nSPS) is 13.0. The van der Waals surface area contributed by atoms with Crippen molar-refractivity contribution in [3.63, 3.8) is 0 Å². The summed E-state index contributed by atoms with van der Waals surface area (Å²) >= 11 is 0. The first-order chi connectivity index (χ1) is 14.0. The fourth-order valence-corrected chi connectivity index (χ4v) is 3.39. The van der Waals surface area contributed by atoms with E-state index in [1.54, 1.807) is 0 Å². The van der Waals surface area contributed by atoms with Gasteiger partial charge in [0.05, 0.1) is 0 Å². The van der Waals surface area contributed by atoms with E-state index < -0.39 is 5.97 Å². The minimum absolute atomic E-state index is 0.148. The SMILES string of the molecule is CCCC(=O)O.O=C1CCC(=O)N1.c1cc2ccc3cccc4ccc(c1)c2c34. The Morgan fingerprint density at radius 1 is 0.793 bits per heavy atom. The minimum atomic E-state index is -0.711. The Morgan fingerprint density at radius 3 is 1.38 bits per heavy atom. The molecule has 0 saturated carbocycles. The van der Waals surface area contributed by atoms with Crippen molar-refractivity contribution >= 4 is 50.1 Å². The van der Waals surface area contributed by atoms with Gasteiger partial charge in [0.1, 0.15) is 0 Å². The number of carbonyl (C=O) groups excluding carboxylic acids is 2. The monoisotopic (exact) mass is 389 g/mol.